The van der Waals surface area contributed by atoms with E-state index in [1.807, 2.05) is 0 Å². The highest BCUT2D eigenvalue weighted by atomic mass is 127. The zero-order chi connectivity index (χ0) is 12.3. The molecule has 1 aliphatic carbocycles. The first-order chi connectivity index (χ1) is 8.27. The summed E-state index contributed by atoms with van der Waals surface area (Å²) < 4.78 is 3.78. The molecule has 1 aliphatic rings. The number of aromatic nitrogens is 2. The fourth-order valence-corrected chi connectivity index (χ4v) is 3.97. The summed E-state index contributed by atoms with van der Waals surface area (Å²) in [4.78, 5) is 0. The Kier molecular flexibility index (Phi) is 4.88. The van der Waals surface area contributed by atoms with Gasteiger partial charge in [0.1, 0.15) is 0 Å². The Bertz CT molecular complexity index is 363. The van der Waals surface area contributed by atoms with Crippen LogP contribution in [0.25, 0.3) is 0 Å². The Balaban J connectivity index is 2.29. The van der Waals surface area contributed by atoms with Gasteiger partial charge in [-0.3, -0.25) is 4.68 Å². The van der Waals surface area contributed by atoms with E-state index < -0.39 is 0 Å². The lowest BCUT2D eigenvalue weighted by Gasteiger charge is -2.17. The van der Waals surface area contributed by atoms with Gasteiger partial charge in [-0.15, -0.1) is 0 Å². The molecule has 0 amide bonds. The van der Waals surface area contributed by atoms with Gasteiger partial charge in [0.25, 0.3) is 0 Å². The van der Waals surface area contributed by atoms with Crippen LogP contribution in [0.4, 0.5) is 0 Å². The summed E-state index contributed by atoms with van der Waals surface area (Å²) in [5.41, 5.74) is 2.76. The Labute approximate surface area is 118 Å². The van der Waals surface area contributed by atoms with Gasteiger partial charge in [0.2, 0.25) is 0 Å². The van der Waals surface area contributed by atoms with Gasteiger partial charge in [-0.25, -0.2) is 0 Å². The summed E-state index contributed by atoms with van der Waals surface area (Å²) in [6.07, 6.45) is 10.4. The Hall–Kier alpha value is -0.0600. The SMILES string of the molecule is CCc1nn(C2CCCCCC2)c(CC)c1I. The van der Waals surface area contributed by atoms with Gasteiger partial charge in [0.05, 0.1) is 21.0 Å². The van der Waals surface area contributed by atoms with Crippen LogP contribution in [0.15, 0.2) is 0 Å². The molecule has 0 radical (unpaired) electrons. The molecule has 0 spiro atoms. The van der Waals surface area contributed by atoms with Gasteiger partial charge in [0.15, 0.2) is 0 Å². The predicted molar refractivity (Wildman–Crippen MR) is 80.4 cm³/mol. The minimum atomic E-state index is 0.668. The molecule has 96 valence electrons. The van der Waals surface area contributed by atoms with Crippen LogP contribution < -0.4 is 0 Å². The second kappa shape index (κ2) is 6.21. The molecule has 0 unspecified atom stereocenters. The third-order valence-corrected chi connectivity index (χ3v) is 5.10. The number of rotatable bonds is 3. The first kappa shape index (κ1) is 13.4. The van der Waals surface area contributed by atoms with Crippen molar-refractivity contribution in [3.63, 3.8) is 0 Å². The molecule has 1 aromatic heterocycles. The third-order valence-electron chi connectivity index (χ3n) is 3.85. The van der Waals surface area contributed by atoms with Crippen molar-refractivity contribution in [3.05, 3.63) is 15.0 Å². The van der Waals surface area contributed by atoms with E-state index in [2.05, 4.69) is 41.1 Å². The van der Waals surface area contributed by atoms with Crippen molar-refractivity contribution in [2.75, 3.05) is 0 Å². The van der Waals surface area contributed by atoms with Crippen LogP contribution in [0.2, 0.25) is 0 Å². The molecule has 0 saturated heterocycles. The van der Waals surface area contributed by atoms with E-state index in [1.54, 1.807) is 0 Å². The van der Waals surface area contributed by atoms with Crippen LogP contribution in [0.1, 0.15) is 69.8 Å². The highest BCUT2D eigenvalue weighted by Crippen LogP contribution is 2.30. The molecule has 0 atom stereocenters. The number of aryl methyl sites for hydroxylation is 1. The topological polar surface area (TPSA) is 17.8 Å². The minimum Gasteiger partial charge on any atom is -0.265 e. The third kappa shape index (κ3) is 2.85. The zero-order valence-corrected chi connectivity index (χ0v) is 13.2. The van der Waals surface area contributed by atoms with E-state index in [-0.39, 0.29) is 0 Å². The lowest BCUT2D eigenvalue weighted by Crippen LogP contribution is -2.13. The molecule has 1 saturated carbocycles. The summed E-state index contributed by atoms with van der Waals surface area (Å²) in [7, 11) is 0. The highest BCUT2D eigenvalue weighted by molar-refractivity contribution is 14.1. The first-order valence-corrected chi connectivity index (χ1v) is 8.11. The molecule has 1 aromatic rings. The largest absolute Gasteiger partial charge is 0.265 e. The fraction of sp³-hybridized carbons (Fsp3) is 0.786. The van der Waals surface area contributed by atoms with Gasteiger partial charge in [-0.2, -0.15) is 5.10 Å². The molecule has 0 N–H and O–H groups in total. The predicted octanol–water partition coefficient (Wildman–Crippen LogP) is 4.51. The van der Waals surface area contributed by atoms with Crippen LogP contribution in [0.3, 0.4) is 0 Å². The smallest absolute Gasteiger partial charge is 0.0758 e. The summed E-state index contributed by atoms with van der Waals surface area (Å²) >= 11 is 2.48. The zero-order valence-electron chi connectivity index (χ0n) is 11.0. The van der Waals surface area contributed by atoms with Gasteiger partial charge in [-0.05, 0) is 48.3 Å². The van der Waals surface area contributed by atoms with Crippen molar-refractivity contribution in [1.29, 1.82) is 0 Å². The molecule has 3 heteroatoms. The lowest BCUT2D eigenvalue weighted by atomic mass is 10.1. The Morgan fingerprint density at radius 2 is 1.76 bits per heavy atom. The minimum absolute atomic E-state index is 0.668. The molecular formula is C14H23IN2. The Morgan fingerprint density at radius 1 is 1.12 bits per heavy atom. The summed E-state index contributed by atoms with van der Waals surface area (Å²) in [6.45, 7) is 4.47. The maximum Gasteiger partial charge on any atom is 0.0758 e. The normalized spacial score (nSPS) is 18.3. The summed E-state index contributed by atoms with van der Waals surface area (Å²) in [5, 5.41) is 4.87. The van der Waals surface area contributed by atoms with Crippen LogP contribution in [0.5, 0.6) is 0 Å². The molecule has 0 bridgehead atoms. The number of hydrogen-bond donors (Lipinski definition) is 0. The number of nitrogens with zero attached hydrogens (tertiary/aromatic N) is 2. The van der Waals surface area contributed by atoms with Crippen LogP contribution in [-0.2, 0) is 12.8 Å². The molecule has 2 rings (SSSR count). The summed E-state index contributed by atoms with van der Waals surface area (Å²) in [5.74, 6) is 0. The average Bonchev–Trinajstić information content (AvgIpc) is 2.55. The van der Waals surface area contributed by atoms with Crippen molar-refractivity contribution in [2.45, 2.75) is 71.3 Å². The molecule has 1 heterocycles. The molecular weight excluding hydrogens is 323 g/mol. The van der Waals surface area contributed by atoms with E-state index >= 15 is 0 Å². The summed E-state index contributed by atoms with van der Waals surface area (Å²) in [6, 6.07) is 0.668. The highest BCUT2D eigenvalue weighted by Gasteiger charge is 2.20. The van der Waals surface area contributed by atoms with Crippen LogP contribution >= 0.6 is 22.6 Å². The van der Waals surface area contributed by atoms with Crippen molar-refractivity contribution >= 4 is 22.6 Å². The lowest BCUT2D eigenvalue weighted by molar-refractivity contribution is 0.392. The van der Waals surface area contributed by atoms with Crippen molar-refractivity contribution in [2.24, 2.45) is 0 Å². The monoisotopic (exact) mass is 346 g/mol. The van der Waals surface area contributed by atoms with Crippen molar-refractivity contribution < 1.29 is 0 Å². The first-order valence-electron chi connectivity index (χ1n) is 7.03. The van der Waals surface area contributed by atoms with E-state index in [0.29, 0.717) is 6.04 Å². The van der Waals surface area contributed by atoms with E-state index in [0.717, 1.165) is 12.8 Å². The molecule has 0 aromatic carbocycles. The van der Waals surface area contributed by atoms with Crippen molar-refractivity contribution in [1.82, 2.24) is 9.78 Å². The Morgan fingerprint density at radius 3 is 2.29 bits per heavy atom. The van der Waals surface area contributed by atoms with Crippen molar-refractivity contribution in [3.8, 4) is 0 Å². The standard InChI is InChI=1S/C14H23IN2/c1-3-12-14(15)13(4-2)17(16-12)11-9-7-5-6-8-10-11/h11H,3-10H2,1-2H3. The second-order valence-corrected chi connectivity index (χ2v) is 6.08. The quantitative estimate of drug-likeness (QED) is 0.582. The molecule has 2 nitrogen and oxygen atoms in total. The fourth-order valence-electron chi connectivity index (χ4n) is 2.85. The number of hydrogen-bond acceptors (Lipinski definition) is 1. The van der Waals surface area contributed by atoms with Gasteiger partial charge in [-0.1, -0.05) is 39.5 Å². The second-order valence-electron chi connectivity index (χ2n) is 5.00. The van der Waals surface area contributed by atoms with E-state index in [9.17, 15) is 0 Å². The molecule has 0 aliphatic heterocycles. The number of halogens is 1. The van der Waals surface area contributed by atoms with Crippen LogP contribution in [-0.4, -0.2) is 9.78 Å². The van der Waals surface area contributed by atoms with E-state index in [1.165, 1.54) is 53.5 Å². The maximum atomic E-state index is 4.87. The van der Waals surface area contributed by atoms with Crippen LogP contribution in [0, 0.1) is 3.57 Å². The molecule has 17 heavy (non-hydrogen) atoms. The molecule has 1 fully saturated rings. The van der Waals surface area contributed by atoms with E-state index in [4.69, 9.17) is 5.10 Å². The van der Waals surface area contributed by atoms with Gasteiger partial charge >= 0.3 is 0 Å². The maximum absolute atomic E-state index is 4.87. The average molecular weight is 346 g/mol. The van der Waals surface area contributed by atoms with Gasteiger partial charge < -0.3 is 0 Å². The van der Waals surface area contributed by atoms with Gasteiger partial charge in [0, 0.05) is 0 Å².